The Labute approximate surface area is 162 Å². The molecule has 2 saturated heterocycles. The van der Waals surface area contributed by atoms with E-state index in [1.54, 1.807) is 0 Å². The Balaban J connectivity index is 1.72. The monoisotopic (exact) mass is 373 g/mol. The van der Waals surface area contributed by atoms with Crippen molar-refractivity contribution < 1.29 is 9.47 Å². The first-order valence-corrected chi connectivity index (χ1v) is 10.0. The van der Waals surface area contributed by atoms with Crippen molar-refractivity contribution in [3.05, 3.63) is 36.2 Å². The zero-order valence-electron chi connectivity index (χ0n) is 16.4. The van der Waals surface area contributed by atoms with Crippen molar-refractivity contribution in [3.8, 4) is 0 Å². The molecule has 0 saturated carbocycles. The van der Waals surface area contributed by atoms with Crippen LogP contribution in [-0.4, -0.2) is 91.5 Å². The summed E-state index contributed by atoms with van der Waals surface area (Å²) in [5, 5.41) is 3.48. The van der Waals surface area contributed by atoms with Crippen LogP contribution >= 0.6 is 0 Å². The standard InChI is InChI=1S/C20H31N5O2/c1-4-8-25-19(23-9-11-26-12-10-23)17-6-5-7-21-18(17)22-20(25)24-13-15(2)27-16(3)14-24/h4-6,15-16,19,21H,1,7-14H2,2-3H3. The molecule has 27 heavy (non-hydrogen) atoms. The van der Waals surface area contributed by atoms with Crippen molar-refractivity contribution >= 4 is 5.96 Å². The average Bonchev–Trinajstić information content (AvgIpc) is 2.67. The first-order chi connectivity index (χ1) is 13.2. The van der Waals surface area contributed by atoms with E-state index in [0.29, 0.717) is 0 Å². The normalized spacial score (nSPS) is 32.1. The molecule has 0 aliphatic carbocycles. The number of guanidine groups is 1. The highest BCUT2D eigenvalue weighted by Gasteiger charge is 2.39. The van der Waals surface area contributed by atoms with Gasteiger partial charge in [-0.1, -0.05) is 18.2 Å². The van der Waals surface area contributed by atoms with Crippen LogP contribution in [0.15, 0.2) is 41.2 Å². The van der Waals surface area contributed by atoms with Crippen LogP contribution in [-0.2, 0) is 9.47 Å². The van der Waals surface area contributed by atoms with Gasteiger partial charge in [0.05, 0.1) is 25.4 Å². The Morgan fingerprint density at radius 2 is 2.00 bits per heavy atom. The minimum atomic E-state index is 0.145. The highest BCUT2D eigenvalue weighted by molar-refractivity contribution is 5.84. The maximum atomic E-state index is 5.95. The number of hydrogen-bond donors (Lipinski definition) is 1. The summed E-state index contributed by atoms with van der Waals surface area (Å²) in [5.74, 6) is 2.02. The molecule has 4 rings (SSSR count). The molecular formula is C20H31N5O2. The van der Waals surface area contributed by atoms with Crippen molar-refractivity contribution in [1.29, 1.82) is 0 Å². The molecule has 0 aromatic heterocycles. The van der Waals surface area contributed by atoms with E-state index < -0.39 is 0 Å². The van der Waals surface area contributed by atoms with E-state index in [-0.39, 0.29) is 18.4 Å². The fourth-order valence-electron chi connectivity index (χ4n) is 4.41. The van der Waals surface area contributed by atoms with Crippen LogP contribution in [0.5, 0.6) is 0 Å². The van der Waals surface area contributed by atoms with Crippen LogP contribution in [0.4, 0.5) is 0 Å². The van der Waals surface area contributed by atoms with Crippen molar-refractivity contribution in [2.45, 2.75) is 32.2 Å². The van der Waals surface area contributed by atoms with E-state index in [2.05, 4.69) is 52.6 Å². The molecule has 3 atom stereocenters. The quantitative estimate of drug-likeness (QED) is 0.745. The van der Waals surface area contributed by atoms with E-state index in [1.807, 2.05) is 6.08 Å². The number of nitrogens with one attached hydrogen (secondary N) is 1. The highest BCUT2D eigenvalue weighted by Crippen LogP contribution is 2.29. The minimum absolute atomic E-state index is 0.145. The molecule has 7 heteroatoms. The molecular weight excluding hydrogens is 342 g/mol. The van der Waals surface area contributed by atoms with Gasteiger partial charge in [0, 0.05) is 44.8 Å². The Kier molecular flexibility index (Phi) is 5.52. The molecule has 0 spiro atoms. The zero-order valence-corrected chi connectivity index (χ0v) is 16.4. The molecule has 1 N–H and O–H groups in total. The van der Waals surface area contributed by atoms with E-state index in [1.165, 1.54) is 5.57 Å². The molecule has 3 unspecified atom stereocenters. The summed E-state index contributed by atoms with van der Waals surface area (Å²) in [4.78, 5) is 12.3. The van der Waals surface area contributed by atoms with Crippen LogP contribution in [0.1, 0.15) is 13.8 Å². The maximum absolute atomic E-state index is 5.95. The number of ether oxygens (including phenoxy) is 2. The largest absolute Gasteiger partial charge is 0.379 e. The molecule has 0 aromatic carbocycles. The van der Waals surface area contributed by atoms with Gasteiger partial charge >= 0.3 is 0 Å². The van der Waals surface area contributed by atoms with Gasteiger partial charge in [-0.05, 0) is 13.8 Å². The summed E-state index contributed by atoms with van der Waals surface area (Å²) >= 11 is 0. The second-order valence-corrected chi connectivity index (χ2v) is 7.62. The predicted molar refractivity (Wildman–Crippen MR) is 106 cm³/mol. The Morgan fingerprint density at radius 1 is 1.26 bits per heavy atom. The van der Waals surface area contributed by atoms with Gasteiger partial charge in [-0.3, -0.25) is 4.90 Å². The van der Waals surface area contributed by atoms with E-state index in [0.717, 1.165) is 64.3 Å². The highest BCUT2D eigenvalue weighted by atomic mass is 16.5. The van der Waals surface area contributed by atoms with Crippen molar-refractivity contribution in [3.63, 3.8) is 0 Å². The van der Waals surface area contributed by atoms with Gasteiger partial charge < -0.3 is 24.6 Å². The number of aliphatic imine (C=N–C) groups is 1. The van der Waals surface area contributed by atoms with Crippen molar-refractivity contribution in [2.24, 2.45) is 4.99 Å². The number of rotatable bonds is 3. The molecule has 4 heterocycles. The molecule has 0 aromatic rings. The van der Waals surface area contributed by atoms with Crippen LogP contribution in [0.25, 0.3) is 0 Å². The summed E-state index contributed by atoms with van der Waals surface area (Å²) in [5.41, 5.74) is 1.24. The fourth-order valence-corrected chi connectivity index (χ4v) is 4.41. The van der Waals surface area contributed by atoms with Crippen LogP contribution in [0, 0.1) is 0 Å². The van der Waals surface area contributed by atoms with Crippen molar-refractivity contribution in [1.82, 2.24) is 20.0 Å². The summed E-state index contributed by atoms with van der Waals surface area (Å²) < 4.78 is 11.6. The summed E-state index contributed by atoms with van der Waals surface area (Å²) in [7, 11) is 0. The molecule has 0 radical (unpaired) electrons. The molecule has 4 aliphatic rings. The van der Waals surface area contributed by atoms with Gasteiger partial charge in [0.2, 0.25) is 5.96 Å². The van der Waals surface area contributed by atoms with E-state index in [4.69, 9.17) is 14.5 Å². The molecule has 7 nitrogen and oxygen atoms in total. The van der Waals surface area contributed by atoms with Gasteiger partial charge in [0.15, 0.2) is 0 Å². The summed E-state index contributed by atoms with van der Waals surface area (Å²) in [6.07, 6.45) is 6.91. The molecule has 2 fully saturated rings. The topological polar surface area (TPSA) is 52.6 Å². The van der Waals surface area contributed by atoms with E-state index in [9.17, 15) is 0 Å². The smallest absolute Gasteiger partial charge is 0.205 e. The van der Waals surface area contributed by atoms with Gasteiger partial charge in [-0.25, -0.2) is 0 Å². The molecule has 148 valence electrons. The van der Waals surface area contributed by atoms with Crippen molar-refractivity contribution in [2.75, 3.05) is 52.5 Å². The fraction of sp³-hybridized carbons (Fsp3) is 0.650. The van der Waals surface area contributed by atoms with Gasteiger partial charge in [-0.2, -0.15) is 4.99 Å². The lowest BCUT2D eigenvalue weighted by atomic mass is 10.1. The Hall–Kier alpha value is -1.83. The van der Waals surface area contributed by atoms with Crippen LogP contribution < -0.4 is 5.32 Å². The van der Waals surface area contributed by atoms with Crippen LogP contribution in [0.2, 0.25) is 0 Å². The zero-order chi connectivity index (χ0) is 18.8. The number of morpholine rings is 2. The first-order valence-electron chi connectivity index (χ1n) is 10.0. The molecule has 0 bridgehead atoms. The average molecular weight is 374 g/mol. The van der Waals surface area contributed by atoms with E-state index >= 15 is 0 Å². The number of nitrogens with zero attached hydrogens (tertiary/aromatic N) is 4. The number of dihydropyridines is 1. The minimum Gasteiger partial charge on any atom is -0.379 e. The van der Waals surface area contributed by atoms with Gasteiger partial charge in [0.1, 0.15) is 12.0 Å². The Morgan fingerprint density at radius 3 is 2.70 bits per heavy atom. The predicted octanol–water partition coefficient (Wildman–Crippen LogP) is 0.983. The lowest BCUT2D eigenvalue weighted by molar-refractivity contribution is -0.0548. The second kappa shape index (κ2) is 8.04. The molecule has 4 aliphatic heterocycles. The lowest BCUT2D eigenvalue weighted by Gasteiger charge is -2.49. The third-order valence-electron chi connectivity index (χ3n) is 5.42. The maximum Gasteiger partial charge on any atom is 0.205 e. The third kappa shape index (κ3) is 3.77. The van der Waals surface area contributed by atoms with Gasteiger partial charge in [0.25, 0.3) is 0 Å². The second-order valence-electron chi connectivity index (χ2n) is 7.62. The van der Waals surface area contributed by atoms with Crippen LogP contribution in [0.3, 0.4) is 0 Å². The molecule has 0 amide bonds. The SMILES string of the molecule is C=CCN1C(N2CC(C)OC(C)C2)=NC2=C(C=CCN2)C1N1CCOCC1. The summed E-state index contributed by atoms with van der Waals surface area (Å²) in [6.45, 7) is 15.0. The first kappa shape index (κ1) is 18.5. The van der Waals surface area contributed by atoms with Gasteiger partial charge in [-0.15, -0.1) is 6.58 Å². The number of hydrogen-bond acceptors (Lipinski definition) is 7. The third-order valence-corrected chi connectivity index (χ3v) is 5.42. The summed E-state index contributed by atoms with van der Waals surface area (Å²) in [6, 6.07) is 0. The lowest BCUT2D eigenvalue weighted by Crippen LogP contribution is -2.62. The Bertz CT molecular complexity index is 643.